The summed E-state index contributed by atoms with van der Waals surface area (Å²) in [5.74, 6) is 0. The van der Waals surface area contributed by atoms with Crippen LogP contribution in [0.1, 0.15) is 33.6 Å². The van der Waals surface area contributed by atoms with E-state index >= 15 is 0 Å². The standard InChI is InChI=1S/C12H25NO2/c1-12(2,3)10-13-6-4-5-11(9-13)15-8-7-14/h11,14H,4-10H2,1-3H3. The maximum atomic E-state index is 8.71. The first kappa shape index (κ1) is 12.9. The van der Waals surface area contributed by atoms with Crippen molar-refractivity contribution in [1.29, 1.82) is 0 Å². The fraction of sp³-hybridized carbons (Fsp3) is 1.00. The Morgan fingerprint density at radius 3 is 2.73 bits per heavy atom. The molecule has 0 saturated carbocycles. The van der Waals surface area contributed by atoms with E-state index in [9.17, 15) is 0 Å². The van der Waals surface area contributed by atoms with Gasteiger partial charge in [0.25, 0.3) is 0 Å². The Morgan fingerprint density at radius 1 is 1.40 bits per heavy atom. The second-order valence-corrected chi connectivity index (χ2v) is 5.65. The monoisotopic (exact) mass is 215 g/mol. The average Bonchev–Trinajstić information content (AvgIpc) is 2.12. The number of nitrogens with zero attached hydrogens (tertiary/aromatic N) is 1. The first-order chi connectivity index (χ1) is 7.01. The highest BCUT2D eigenvalue weighted by Gasteiger charge is 2.23. The van der Waals surface area contributed by atoms with Crippen molar-refractivity contribution >= 4 is 0 Å². The predicted octanol–water partition coefficient (Wildman–Crippen LogP) is 1.51. The van der Waals surface area contributed by atoms with Crippen LogP contribution in [-0.4, -0.2) is 49.0 Å². The summed E-state index contributed by atoms with van der Waals surface area (Å²) in [5, 5.41) is 8.71. The lowest BCUT2D eigenvalue weighted by Gasteiger charge is -2.36. The maximum absolute atomic E-state index is 8.71. The number of aliphatic hydroxyl groups is 1. The molecule has 0 aromatic carbocycles. The van der Waals surface area contributed by atoms with Gasteiger partial charge in [-0.25, -0.2) is 0 Å². The number of hydrogen-bond acceptors (Lipinski definition) is 3. The van der Waals surface area contributed by atoms with Crippen molar-refractivity contribution in [2.24, 2.45) is 5.41 Å². The summed E-state index contributed by atoms with van der Waals surface area (Å²) < 4.78 is 5.59. The molecule has 1 unspecified atom stereocenters. The van der Waals surface area contributed by atoms with E-state index in [0.29, 0.717) is 18.1 Å². The molecule has 1 heterocycles. The summed E-state index contributed by atoms with van der Waals surface area (Å²) in [6.07, 6.45) is 2.68. The highest BCUT2D eigenvalue weighted by Crippen LogP contribution is 2.20. The summed E-state index contributed by atoms with van der Waals surface area (Å²) >= 11 is 0. The summed E-state index contributed by atoms with van der Waals surface area (Å²) in [6, 6.07) is 0. The van der Waals surface area contributed by atoms with Crippen molar-refractivity contribution in [2.45, 2.75) is 39.7 Å². The van der Waals surface area contributed by atoms with Crippen molar-refractivity contribution < 1.29 is 9.84 Å². The zero-order chi connectivity index (χ0) is 11.3. The fourth-order valence-electron chi connectivity index (χ4n) is 2.18. The Balaban J connectivity index is 2.29. The van der Waals surface area contributed by atoms with Gasteiger partial charge < -0.3 is 14.7 Å². The van der Waals surface area contributed by atoms with Crippen molar-refractivity contribution in [3.8, 4) is 0 Å². The minimum absolute atomic E-state index is 0.135. The number of hydrogen-bond donors (Lipinski definition) is 1. The lowest BCUT2D eigenvalue weighted by atomic mass is 9.94. The molecule has 0 spiro atoms. The number of aliphatic hydroxyl groups excluding tert-OH is 1. The van der Waals surface area contributed by atoms with Gasteiger partial charge in [-0.05, 0) is 24.8 Å². The SMILES string of the molecule is CC(C)(C)CN1CCCC(OCCO)C1. The van der Waals surface area contributed by atoms with Crippen molar-refractivity contribution in [1.82, 2.24) is 4.90 Å². The average molecular weight is 215 g/mol. The summed E-state index contributed by atoms with van der Waals surface area (Å²) in [7, 11) is 0. The molecular formula is C12H25NO2. The van der Waals surface area contributed by atoms with Gasteiger partial charge >= 0.3 is 0 Å². The van der Waals surface area contributed by atoms with E-state index in [-0.39, 0.29) is 6.61 Å². The highest BCUT2D eigenvalue weighted by molar-refractivity contribution is 4.77. The molecule has 0 amide bonds. The fourth-order valence-corrected chi connectivity index (χ4v) is 2.18. The van der Waals surface area contributed by atoms with E-state index in [1.54, 1.807) is 0 Å². The van der Waals surface area contributed by atoms with Gasteiger partial charge in [-0.3, -0.25) is 0 Å². The van der Waals surface area contributed by atoms with E-state index in [0.717, 1.165) is 19.5 Å². The van der Waals surface area contributed by atoms with Gasteiger partial charge in [0.05, 0.1) is 19.3 Å². The molecule has 0 aliphatic carbocycles. The molecule has 0 radical (unpaired) electrons. The Hall–Kier alpha value is -0.120. The van der Waals surface area contributed by atoms with Crippen LogP contribution in [0.15, 0.2) is 0 Å². The van der Waals surface area contributed by atoms with Gasteiger partial charge in [-0.1, -0.05) is 20.8 Å². The third-order valence-electron chi connectivity index (χ3n) is 2.61. The summed E-state index contributed by atoms with van der Waals surface area (Å²) in [6.45, 7) is 10.8. The van der Waals surface area contributed by atoms with Crippen LogP contribution in [0.3, 0.4) is 0 Å². The molecule has 15 heavy (non-hydrogen) atoms. The molecule has 1 aliphatic heterocycles. The normalized spacial score (nSPS) is 24.4. The van der Waals surface area contributed by atoms with Gasteiger partial charge in [-0.2, -0.15) is 0 Å². The number of piperidine rings is 1. The first-order valence-electron chi connectivity index (χ1n) is 5.96. The Kier molecular flexibility index (Phi) is 5.03. The molecule has 1 aliphatic rings. The van der Waals surface area contributed by atoms with E-state index in [2.05, 4.69) is 25.7 Å². The molecule has 1 rings (SSSR count). The summed E-state index contributed by atoms with van der Waals surface area (Å²) in [5.41, 5.74) is 0.360. The van der Waals surface area contributed by atoms with Crippen molar-refractivity contribution in [3.63, 3.8) is 0 Å². The summed E-state index contributed by atoms with van der Waals surface area (Å²) in [4.78, 5) is 2.48. The van der Waals surface area contributed by atoms with Crippen LogP contribution in [0.5, 0.6) is 0 Å². The van der Waals surface area contributed by atoms with Crippen LogP contribution >= 0.6 is 0 Å². The minimum atomic E-state index is 0.135. The molecule has 90 valence electrons. The lowest BCUT2D eigenvalue weighted by Crippen LogP contribution is -2.43. The Morgan fingerprint density at radius 2 is 2.13 bits per heavy atom. The molecule has 0 aromatic rings. The molecule has 1 N–H and O–H groups in total. The smallest absolute Gasteiger partial charge is 0.0703 e. The van der Waals surface area contributed by atoms with Gasteiger partial charge in [-0.15, -0.1) is 0 Å². The molecular weight excluding hydrogens is 190 g/mol. The van der Waals surface area contributed by atoms with E-state index in [1.807, 2.05) is 0 Å². The van der Waals surface area contributed by atoms with Gasteiger partial charge in [0, 0.05) is 13.1 Å². The predicted molar refractivity (Wildman–Crippen MR) is 62.0 cm³/mol. The molecule has 1 fully saturated rings. The lowest BCUT2D eigenvalue weighted by molar-refractivity contribution is -0.0205. The van der Waals surface area contributed by atoms with E-state index in [1.165, 1.54) is 13.0 Å². The molecule has 3 heteroatoms. The van der Waals surface area contributed by atoms with Crippen LogP contribution in [0.2, 0.25) is 0 Å². The highest BCUT2D eigenvalue weighted by atomic mass is 16.5. The Bertz CT molecular complexity index is 177. The van der Waals surface area contributed by atoms with Crippen LogP contribution in [0, 0.1) is 5.41 Å². The van der Waals surface area contributed by atoms with Crippen LogP contribution in [0.4, 0.5) is 0 Å². The van der Waals surface area contributed by atoms with Crippen LogP contribution in [-0.2, 0) is 4.74 Å². The van der Waals surface area contributed by atoms with Crippen LogP contribution in [0.25, 0.3) is 0 Å². The molecule has 1 saturated heterocycles. The molecule has 0 bridgehead atoms. The quantitative estimate of drug-likeness (QED) is 0.771. The van der Waals surface area contributed by atoms with Crippen molar-refractivity contribution in [3.05, 3.63) is 0 Å². The van der Waals surface area contributed by atoms with E-state index in [4.69, 9.17) is 9.84 Å². The van der Waals surface area contributed by atoms with Gasteiger partial charge in [0.2, 0.25) is 0 Å². The zero-order valence-electron chi connectivity index (χ0n) is 10.3. The van der Waals surface area contributed by atoms with Gasteiger partial charge in [0.1, 0.15) is 0 Å². The van der Waals surface area contributed by atoms with Crippen LogP contribution < -0.4 is 0 Å². The minimum Gasteiger partial charge on any atom is -0.394 e. The molecule has 3 nitrogen and oxygen atoms in total. The zero-order valence-corrected chi connectivity index (χ0v) is 10.3. The first-order valence-corrected chi connectivity index (χ1v) is 5.96. The Labute approximate surface area is 93.4 Å². The number of ether oxygens (including phenoxy) is 1. The maximum Gasteiger partial charge on any atom is 0.0703 e. The topological polar surface area (TPSA) is 32.7 Å². The van der Waals surface area contributed by atoms with Crippen molar-refractivity contribution in [2.75, 3.05) is 32.8 Å². The third-order valence-corrected chi connectivity index (χ3v) is 2.61. The van der Waals surface area contributed by atoms with E-state index < -0.39 is 0 Å². The number of likely N-dealkylation sites (tertiary alicyclic amines) is 1. The second kappa shape index (κ2) is 5.83. The second-order valence-electron chi connectivity index (χ2n) is 5.65. The number of rotatable bonds is 4. The molecule has 0 aromatic heterocycles. The third kappa shape index (κ3) is 5.50. The van der Waals surface area contributed by atoms with Gasteiger partial charge in [0.15, 0.2) is 0 Å². The largest absolute Gasteiger partial charge is 0.394 e. The molecule has 1 atom stereocenters.